The van der Waals surface area contributed by atoms with Gasteiger partial charge in [0.15, 0.2) is 0 Å². The Kier molecular flexibility index (Phi) is 4.76. The minimum atomic E-state index is -0.384. The number of ether oxygens (including phenoxy) is 1. The van der Waals surface area contributed by atoms with Gasteiger partial charge in [-0.15, -0.1) is 0 Å². The summed E-state index contributed by atoms with van der Waals surface area (Å²) in [4.78, 5) is 32.2. The second kappa shape index (κ2) is 7.69. The third-order valence-corrected chi connectivity index (χ3v) is 6.78. The first-order chi connectivity index (χ1) is 16.0. The molecule has 1 aromatic carbocycles. The molecule has 1 N–H and O–H groups in total. The number of carbonyl (C=O) groups excluding carboxylic acids is 1. The Morgan fingerprint density at radius 1 is 1.18 bits per heavy atom. The molecule has 1 aliphatic heterocycles. The third kappa shape index (κ3) is 4.01. The molecule has 3 heterocycles. The van der Waals surface area contributed by atoms with Gasteiger partial charge in [0.25, 0.3) is 0 Å². The zero-order chi connectivity index (χ0) is 22.6. The lowest BCUT2D eigenvalue weighted by molar-refractivity contribution is 0.178. The summed E-state index contributed by atoms with van der Waals surface area (Å²) in [6, 6.07) is 7.82. The van der Waals surface area contributed by atoms with Crippen LogP contribution < -0.4 is 10.2 Å². The van der Waals surface area contributed by atoms with Gasteiger partial charge in [0.05, 0.1) is 23.6 Å². The average molecular weight is 466 g/mol. The Balaban J connectivity index is 1.22. The molecule has 1 unspecified atom stereocenters. The van der Waals surface area contributed by atoms with Crippen LogP contribution in [-0.4, -0.2) is 43.2 Å². The van der Waals surface area contributed by atoms with Crippen molar-refractivity contribution in [2.75, 3.05) is 16.8 Å². The fourth-order valence-electron chi connectivity index (χ4n) is 4.40. The van der Waals surface area contributed by atoms with Crippen molar-refractivity contribution in [1.29, 1.82) is 0 Å². The van der Waals surface area contributed by atoms with Crippen molar-refractivity contribution in [3.63, 3.8) is 0 Å². The fourth-order valence-corrected chi connectivity index (χ4v) is 4.53. The van der Waals surface area contributed by atoms with Gasteiger partial charge in [-0.2, -0.15) is 15.0 Å². The van der Waals surface area contributed by atoms with Crippen molar-refractivity contribution in [2.24, 2.45) is 5.92 Å². The highest BCUT2D eigenvalue weighted by atomic mass is 35.5. The van der Waals surface area contributed by atoms with Crippen LogP contribution in [0.3, 0.4) is 0 Å². The van der Waals surface area contributed by atoms with E-state index >= 15 is 0 Å². The smallest absolute Gasteiger partial charge is 0.417 e. The quantitative estimate of drug-likeness (QED) is 0.564. The molecule has 6 rings (SSSR count). The second-order valence-corrected chi connectivity index (χ2v) is 9.56. The van der Waals surface area contributed by atoms with Crippen LogP contribution in [0.25, 0.3) is 0 Å². The molecule has 1 atom stereocenters. The number of cyclic esters (lactones) is 1. The monoisotopic (exact) mass is 465 g/mol. The molecule has 10 heteroatoms. The van der Waals surface area contributed by atoms with E-state index in [-0.39, 0.29) is 17.7 Å². The molecule has 3 aliphatic rings. The highest BCUT2D eigenvalue weighted by Crippen LogP contribution is 2.47. The zero-order valence-electron chi connectivity index (χ0n) is 18.2. The molecule has 3 aromatic rings. The van der Waals surface area contributed by atoms with Crippen LogP contribution in [0.5, 0.6) is 0 Å². The average Bonchev–Trinajstić information content (AvgIpc) is 3.70. The Bertz CT molecular complexity index is 1200. The number of carbonyl (C=O) groups is 1. The molecular formula is C23H24ClN7O2. The van der Waals surface area contributed by atoms with Crippen molar-refractivity contribution in [3.8, 4) is 0 Å². The third-order valence-electron chi connectivity index (χ3n) is 6.53. The van der Waals surface area contributed by atoms with Crippen molar-refractivity contribution >= 4 is 29.6 Å². The first-order valence-corrected chi connectivity index (χ1v) is 11.6. The van der Waals surface area contributed by atoms with E-state index in [1.807, 2.05) is 37.5 Å². The standard InChI is InChI=1S/C23H24ClN7O2/c1-14-26-20(28-21(27-14)31-18(16-4-5-16)12-33-22(31)32)29-23(8-9-23)19-11-30(13-25-19)10-15-2-6-17(24)7-3-15/h2-3,6-7,11,13,16,18H,4-5,8-10,12H2,1H3,(H,26,27,28,29). The van der Waals surface area contributed by atoms with Crippen LogP contribution in [0.2, 0.25) is 5.02 Å². The van der Waals surface area contributed by atoms with E-state index in [1.165, 1.54) is 0 Å². The number of aryl methyl sites for hydroxylation is 1. The maximum absolute atomic E-state index is 12.4. The van der Waals surface area contributed by atoms with Crippen LogP contribution in [0.15, 0.2) is 36.8 Å². The summed E-state index contributed by atoms with van der Waals surface area (Å²) in [6.07, 6.45) is 7.60. The van der Waals surface area contributed by atoms with Gasteiger partial charge in [-0.25, -0.2) is 14.7 Å². The number of nitrogens with zero attached hydrogens (tertiary/aromatic N) is 6. The normalized spacial score (nSPS) is 21.2. The first-order valence-electron chi connectivity index (χ1n) is 11.2. The van der Waals surface area contributed by atoms with E-state index in [2.05, 4.69) is 36.0 Å². The Morgan fingerprint density at radius 3 is 2.70 bits per heavy atom. The van der Waals surface area contributed by atoms with E-state index < -0.39 is 0 Å². The Morgan fingerprint density at radius 2 is 1.97 bits per heavy atom. The summed E-state index contributed by atoms with van der Waals surface area (Å²) in [5.41, 5.74) is 1.80. The number of imidazole rings is 1. The van der Waals surface area contributed by atoms with Gasteiger partial charge in [-0.3, -0.25) is 0 Å². The van der Waals surface area contributed by atoms with Crippen molar-refractivity contribution in [1.82, 2.24) is 24.5 Å². The maximum atomic E-state index is 12.4. The zero-order valence-corrected chi connectivity index (χ0v) is 19.0. The Hall–Kier alpha value is -3.20. The molecule has 2 saturated carbocycles. The lowest BCUT2D eigenvalue weighted by atomic mass is 10.2. The molecule has 2 aromatic heterocycles. The molecule has 33 heavy (non-hydrogen) atoms. The van der Waals surface area contributed by atoms with Gasteiger partial charge in [0.2, 0.25) is 11.9 Å². The van der Waals surface area contributed by atoms with Crippen LogP contribution >= 0.6 is 11.6 Å². The lowest BCUT2D eigenvalue weighted by Gasteiger charge is -2.21. The number of anilines is 2. The molecule has 1 saturated heterocycles. The van der Waals surface area contributed by atoms with Crippen LogP contribution in [-0.2, 0) is 16.8 Å². The molecule has 3 fully saturated rings. The van der Waals surface area contributed by atoms with Gasteiger partial charge >= 0.3 is 6.09 Å². The SMILES string of the molecule is Cc1nc(NC2(c3cn(Cc4ccc(Cl)cc4)cn3)CC2)nc(N2C(=O)OCC2C2CC2)n1. The fraction of sp³-hybridized carbons (Fsp3) is 0.435. The predicted molar refractivity (Wildman–Crippen MR) is 122 cm³/mol. The van der Waals surface area contributed by atoms with Gasteiger partial charge in [0, 0.05) is 17.8 Å². The molecule has 1 amide bonds. The molecule has 0 radical (unpaired) electrons. The summed E-state index contributed by atoms with van der Waals surface area (Å²) >= 11 is 5.99. The molecular weight excluding hydrogens is 442 g/mol. The lowest BCUT2D eigenvalue weighted by Crippen LogP contribution is -2.37. The van der Waals surface area contributed by atoms with Gasteiger partial charge < -0.3 is 14.6 Å². The number of hydrogen-bond donors (Lipinski definition) is 1. The summed E-state index contributed by atoms with van der Waals surface area (Å²) in [6.45, 7) is 2.92. The number of hydrogen-bond acceptors (Lipinski definition) is 7. The summed E-state index contributed by atoms with van der Waals surface area (Å²) in [7, 11) is 0. The summed E-state index contributed by atoms with van der Waals surface area (Å²) in [5.74, 6) is 1.83. The first kappa shape index (κ1) is 20.4. The molecule has 170 valence electrons. The number of halogens is 1. The number of nitrogens with one attached hydrogen (secondary N) is 1. The van der Waals surface area contributed by atoms with Gasteiger partial charge in [0.1, 0.15) is 12.4 Å². The van der Waals surface area contributed by atoms with Crippen molar-refractivity contribution in [3.05, 3.63) is 58.9 Å². The highest BCUT2D eigenvalue weighted by Gasteiger charge is 2.48. The van der Waals surface area contributed by atoms with Gasteiger partial charge in [-0.1, -0.05) is 23.7 Å². The summed E-state index contributed by atoms with van der Waals surface area (Å²) < 4.78 is 7.36. The van der Waals surface area contributed by atoms with E-state index in [0.29, 0.717) is 30.2 Å². The largest absolute Gasteiger partial charge is 0.447 e. The minimum absolute atomic E-state index is 0.00519. The molecule has 9 nitrogen and oxygen atoms in total. The van der Waals surface area contributed by atoms with E-state index in [1.54, 1.807) is 4.90 Å². The second-order valence-electron chi connectivity index (χ2n) is 9.12. The topological polar surface area (TPSA) is 98.1 Å². The number of rotatable bonds is 7. The summed E-state index contributed by atoms with van der Waals surface area (Å²) in [5, 5.41) is 4.20. The minimum Gasteiger partial charge on any atom is -0.447 e. The van der Waals surface area contributed by atoms with Crippen molar-refractivity contribution < 1.29 is 9.53 Å². The molecule has 0 spiro atoms. The Labute approximate surface area is 196 Å². The van der Waals surface area contributed by atoms with E-state index in [0.717, 1.165) is 48.5 Å². The van der Waals surface area contributed by atoms with Gasteiger partial charge in [-0.05, 0) is 56.2 Å². The van der Waals surface area contributed by atoms with E-state index in [4.69, 9.17) is 16.3 Å². The molecule has 0 bridgehead atoms. The van der Waals surface area contributed by atoms with Crippen LogP contribution in [0.1, 0.15) is 42.8 Å². The van der Waals surface area contributed by atoms with Crippen molar-refractivity contribution in [2.45, 2.75) is 50.7 Å². The maximum Gasteiger partial charge on any atom is 0.417 e. The number of aromatic nitrogens is 5. The van der Waals surface area contributed by atoms with E-state index in [9.17, 15) is 4.79 Å². The highest BCUT2D eigenvalue weighted by molar-refractivity contribution is 6.30. The molecule has 2 aliphatic carbocycles. The van der Waals surface area contributed by atoms with Crippen LogP contribution in [0.4, 0.5) is 16.7 Å². The number of amides is 1. The number of benzene rings is 1. The van der Waals surface area contributed by atoms with Crippen LogP contribution in [0, 0.1) is 12.8 Å². The predicted octanol–water partition coefficient (Wildman–Crippen LogP) is 3.91.